The smallest absolute Gasteiger partial charge is 0.217 e. The van der Waals surface area contributed by atoms with Crippen LogP contribution in [-0.4, -0.2) is 18.0 Å². The summed E-state index contributed by atoms with van der Waals surface area (Å²) < 4.78 is 5.34. The van der Waals surface area contributed by atoms with Gasteiger partial charge in [-0.15, -0.1) is 0 Å². The molecule has 1 heterocycles. The number of amides is 1. The maximum Gasteiger partial charge on any atom is 0.217 e. The van der Waals surface area contributed by atoms with Crippen molar-refractivity contribution in [2.24, 2.45) is 0 Å². The Bertz CT molecular complexity index is 608. The molecule has 4 nitrogen and oxygen atoms in total. The first-order valence-electron chi connectivity index (χ1n) is 6.92. The number of hydrogen-bond acceptors (Lipinski definition) is 3. The summed E-state index contributed by atoms with van der Waals surface area (Å²) in [6.45, 7) is 4.02. The minimum atomic E-state index is -0.0414. The zero-order valence-electron chi connectivity index (χ0n) is 12.6. The summed E-state index contributed by atoms with van der Waals surface area (Å²) >= 11 is 0. The Balaban J connectivity index is 2.16. The Kier molecular flexibility index (Phi) is 5.06. The summed E-state index contributed by atoms with van der Waals surface area (Å²) in [5, 5.41) is 2.76. The lowest BCUT2D eigenvalue weighted by atomic mass is 10.0. The molecule has 1 aromatic heterocycles. The second-order valence-corrected chi connectivity index (χ2v) is 4.96. The Morgan fingerprint density at radius 3 is 2.76 bits per heavy atom. The van der Waals surface area contributed by atoms with Crippen LogP contribution in [0, 0.1) is 0 Å². The molecule has 21 heavy (non-hydrogen) atoms. The van der Waals surface area contributed by atoms with Crippen LogP contribution in [-0.2, 0) is 16.1 Å². The zero-order valence-corrected chi connectivity index (χ0v) is 12.6. The van der Waals surface area contributed by atoms with E-state index < -0.39 is 0 Å². The number of carbonyl (C=O) groups excluding carboxylic acids is 1. The van der Waals surface area contributed by atoms with E-state index in [1.165, 1.54) is 6.92 Å². The molecule has 0 spiro atoms. The monoisotopic (exact) mass is 284 g/mol. The maximum absolute atomic E-state index is 10.9. The van der Waals surface area contributed by atoms with Gasteiger partial charge in [0.2, 0.25) is 5.91 Å². The van der Waals surface area contributed by atoms with Crippen molar-refractivity contribution in [3.05, 3.63) is 53.7 Å². The van der Waals surface area contributed by atoms with Gasteiger partial charge in [-0.3, -0.25) is 9.78 Å². The predicted octanol–water partition coefficient (Wildman–Crippen LogP) is 3.09. The number of hydrogen-bond donors (Lipinski definition) is 1. The highest BCUT2D eigenvalue weighted by Crippen LogP contribution is 2.23. The van der Waals surface area contributed by atoms with Crippen molar-refractivity contribution in [3.8, 4) is 11.3 Å². The number of benzene rings is 1. The molecule has 1 atom stereocenters. The van der Waals surface area contributed by atoms with Crippen molar-refractivity contribution in [2.75, 3.05) is 7.11 Å². The molecule has 0 unspecified atom stereocenters. The molecule has 1 aromatic carbocycles. The van der Waals surface area contributed by atoms with Crippen molar-refractivity contribution in [1.29, 1.82) is 0 Å². The number of ether oxygens (including phenoxy) is 1. The second-order valence-electron chi connectivity index (χ2n) is 4.96. The molecular weight excluding hydrogens is 264 g/mol. The first kappa shape index (κ1) is 15.2. The maximum atomic E-state index is 10.9. The summed E-state index contributed by atoms with van der Waals surface area (Å²) in [4.78, 5) is 15.4. The van der Waals surface area contributed by atoms with Gasteiger partial charge in [-0.2, -0.15) is 0 Å². The fourth-order valence-corrected chi connectivity index (χ4v) is 2.01. The van der Waals surface area contributed by atoms with Crippen LogP contribution < -0.4 is 5.32 Å². The molecule has 0 bridgehead atoms. The van der Waals surface area contributed by atoms with Crippen molar-refractivity contribution >= 4 is 5.91 Å². The first-order chi connectivity index (χ1) is 10.1. The number of methoxy groups -OCH3 is 1. The van der Waals surface area contributed by atoms with Gasteiger partial charge in [-0.05, 0) is 30.2 Å². The molecule has 0 fully saturated rings. The van der Waals surface area contributed by atoms with Gasteiger partial charge in [-0.1, -0.05) is 24.3 Å². The summed E-state index contributed by atoms with van der Waals surface area (Å²) in [6.07, 6.45) is 1.85. The molecule has 0 aliphatic heterocycles. The average molecular weight is 284 g/mol. The first-order valence-corrected chi connectivity index (χ1v) is 6.92. The van der Waals surface area contributed by atoms with Gasteiger partial charge in [0.25, 0.3) is 0 Å². The number of aromatic nitrogens is 1. The highest BCUT2D eigenvalue weighted by molar-refractivity contribution is 5.72. The highest BCUT2D eigenvalue weighted by atomic mass is 16.5. The molecule has 0 saturated heterocycles. The van der Waals surface area contributed by atoms with Crippen molar-refractivity contribution in [2.45, 2.75) is 26.5 Å². The third-order valence-electron chi connectivity index (χ3n) is 3.37. The van der Waals surface area contributed by atoms with E-state index in [2.05, 4.69) is 16.4 Å². The van der Waals surface area contributed by atoms with Gasteiger partial charge in [0.1, 0.15) is 0 Å². The van der Waals surface area contributed by atoms with Gasteiger partial charge >= 0.3 is 0 Å². The van der Waals surface area contributed by atoms with E-state index in [0.29, 0.717) is 6.54 Å². The topological polar surface area (TPSA) is 51.2 Å². The highest BCUT2D eigenvalue weighted by Gasteiger charge is 2.06. The molecule has 0 aliphatic carbocycles. The number of pyridine rings is 1. The molecule has 0 saturated carbocycles. The summed E-state index contributed by atoms with van der Waals surface area (Å²) in [6, 6.07) is 12.1. The molecule has 4 heteroatoms. The quantitative estimate of drug-likeness (QED) is 0.918. The summed E-state index contributed by atoms with van der Waals surface area (Å²) in [7, 11) is 1.70. The van der Waals surface area contributed by atoms with Crippen LogP contribution in [0.4, 0.5) is 0 Å². The third-order valence-corrected chi connectivity index (χ3v) is 3.37. The van der Waals surface area contributed by atoms with E-state index in [4.69, 9.17) is 4.74 Å². The molecule has 1 N–H and O–H groups in total. The number of carbonyl (C=O) groups is 1. The summed E-state index contributed by atoms with van der Waals surface area (Å²) in [5.74, 6) is -0.0414. The van der Waals surface area contributed by atoms with Gasteiger partial charge in [-0.25, -0.2) is 0 Å². The van der Waals surface area contributed by atoms with E-state index in [0.717, 1.165) is 22.4 Å². The lowest BCUT2D eigenvalue weighted by Crippen LogP contribution is -2.18. The normalized spacial score (nSPS) is 12.0. The molecule has 2 aromatic rings. The number of rotatable bonds is 5. The van der Waals surface area contributed by atoms with Crippen molar-refractivity contribution in [3.63, 3.8) is 0 Å². The van der Waals surface area contributed by atoms with Gasteiger partial charge in [0.05, 0.1) is 11.8 Å². The lowest BCUT2D eigenvalue weighted by molar-refractivity contribution is -0.119. The van der Waals surface area contributed by atoms with Crippen LogP contribution in [0.25, 0.3) is 11.3 Å². The standard InChI is InChI=1S/C17H20N2O2/c1-12(21-3)15-5-4-6-16(9-15)17-8-7-14(11-19-17)10-18-13(2)20/h4-9,11-12H,10H2,1-3H3,(H,18,20)/t12-/m1/s1. The average Bonchev–Trinajstić information content (AvgIpc) is 2.52. The van der Waals surface area contributed by atoms with E-state index in [1.807, 2.05) is 37.3 Å². The fourth-order valence-electron chi connectivity index (χ4n) is 2.01. The third kappa shape index (κ3) is 4.13. The Morgan fingerprint density at radius 2 is 2.14 bits per heavy atom. The van der Waals surface area contributed by atoms with Crippen LogP contribution in [0.2, 0.25) is 0 Å². The molecule has 0 aliphatic rings. The van der Waals surface area contributed by atoms with Crippen LogP contribution in [0.1, 0.15) is 31.1 Å². The van der Waals surface area contributed by atoms with Crippen LogP contribution >= 0.6 is 0 Å². The van der Waals surface area contributed by atoms with Gasteiger partial charge < -0.3 is 10.1 Å². The molecule has 110 valence electrons. The van der Waals surface area contributed by atoms with Crippen LogP contribution in [0.5, 0.6) is 0 Å². The van der Waals surface area contributed by atoms with E-state index in [-0.39, 0.29) is 12.0 Å². The van der Waals surface area contributed by atoms with Crippen LogP contribution in [0.15, 0.2) is 42.6 Å². The molecule has 0 radical (unpaired) electrons. The molecule has 2 rings (SSSR count). The Labute approximate surface area is 125 Å². The van der Waals surface area contributed by atoms with Crippen LogP contribution in [0.3, 0.4) is 0 Å². The number of nitrogens with zero attached hydrogens (tertiary/aromatic N) is 1. The molecular formula is C17H20N2O2. The fraction of sp³-hybridized carbons (Fsp3) is 0.294. The Hall–Kier alpha value is -2.20. The van der Waals surface area contributed by atoms with Gasteiger partial charge in [0, 0.05) is 32.3 Å². The molecule has 1 amide bonds. The van der Waals surface area contributed by atoms with Crippen molar-refractivity contribution in [1.82, 2.24) is 10.3 Å². The van der Waals surface area contributed by atoms with E-state index in [1.54, 1.807) is 13.3 Å². The minimum absolute atomic E-state index is 0.0414. The summed E-state index contributed by atoms with van der Waals surface area (Å²) in [5.41, 5.74) is 4.07. The SMILES string of the molecule is CO[C@H](C)c1cccc(-c2ccc(CNC(C)=O)cn2)c1. The van der Waals surface area contributed by atoms with E-state index in [9.17, 15) is 4.79 Å². The predicted molar refractivity (Wildman–Crippen MR) is 82.6 cm³/mol. The zero-order chi connectivity index (χ0) is 15.2. The lowest BCUT2D eigenvalue weighted by Gasteiger charge is -2.11. The minimum Gasteiger partial charge on any atom is -0.377 e. The second kappa shape index (κ2) is 6.99. The van der Waals surface area contributed by atoms with E-state index >= 15 is 0 Å². The van der Waals surface area contributed by atoms with Crippen molar-refractivity contribution < 1.29 is 9.53 Å². The van der Waals surface area contributed by atoms with Gasteiger partial charge in [0.15, 0.2) is 0 Å². The largest absolute Gasteiger partial charge is 0.377 e. The number of nitrogens with one attached hydrogen (secondary N) is 1. The Morgan fingerprint density at radius 1 is 1.33 bits per heavy atom.